The van der Waals surface area contributed by atoms with E-state index in [0.717, 1.165) is 24.0 Å². The third kappa shape index (κ3) is 2.30. The molecule has 0 aromatic carbocycles. The molecule has 3 saturated carbocycles. The van der Waals surface area contributed by atoms with Gasteiger partial charge >= 0.3 is 0 Å². The Morgan fingerprint density at radius 3 is 2.59 bits per heavy atom. The molecule has 0 aromatic heterocycles. The zero-order valence-electron chi connectivity index (χ0n) is 11.3. The van der Waals surface area contributed by atoms with Gasteiger partial charge in [0.1, 0.15) is 0 Å². The maximum atomic E-state index is 12.2. The number of fused-ring (bicyclic) bond motifs is 1. The van der Waals surface area contributed by atoms with Gasteiger partial charge in [-0.05, 0) is 54.8 Å². The molecule has 0 radical (unpaired) electrons. The van der Waals surface area contributed by atoms with Crippen LogP contribution in [0.4, 0.5) is 0 Å². The van der Waals surface area contributed by atoms with Gasteiger partial charge in [-0.25, -0.2) is 0 Å². The molecule has 0 heterocycles. The van der Waals surface area contributed by atoms with Crippen molar-refractivity contribution < 1.29 is 4.79 Å². The molecule has 0 spiro atoms. The van der Waals surface area contributed by atoms with Crippen molar-refractivity contribution in [3.05, 3.63) is 0 Å². The van der Waals surface area contributed by atoms with Crippen molar-refractivity contribution in [2.24, 2.45) is 28.6 Å². The minimum atomic E-state index is 0.391. The van der Waals surface area contributed by atoms with Crippen LogP contribution in [0.2, 0.25) is 0 Å². The van der Waals surface area contributed by atoms with E-state index in [1.165, 1.54) is 25.7 Å². The Hall–Kier alpha value is 0.0200. The molecule has 0 amide bonds. The van der Waals surface area contributed by atoms with Gasteiger partial charge in [0, 0.05) is 11.7 Å². The number of rotatable bonds is 3. The van der Waals surface area contributed by atoms with Crippen molar-refractivity contribution in [1.82, 2.24) is 0 Å². The normalized spacial score (nSPS) is 46.2. The van der Waals surface area contributed by atoms with Crippen molar-refractivity contribution in [3.8, 4) is 0 Å². The van der Waals surface area contributed by atoms with Gasteiger partial charge in [-0.2, -0.15) is 0 Å². The summed E-state index contributed by atoms with van der Waals surface area (Å²) in [4.78, 5) is 12.2. The number of hydrogen-bond donors (Lipinski definition) is 0. The Morgan fingerprint density at radius 2 is 2.00 bits per heavy atom. The molecule has 4 unspecified atom stereocenters. The Labute approximate surface area is 109 Å². The number of carbonyl (C=O) groups excluding carboxylic acids is 1. The highest BCUT2D eigenvalue weighted by molar-refractivity contribution is 8.13. The quantitative estimate of drug-likeness (QED) is 0.751. The van der Waals surface area contributed by atoms with Crippen LogP contribution in [0, 0.1) is 28.6 Å². The third-order valence-electron chi connectivity index (χ3n) is 5.65. The molecular formula is C15H24OS. The summed E-state index contributed by atoms with van der Waals surface area (Å²) < 4.78 is 0. The van der Waals surface area contributed by atoms with Gasteiger partial charge in [0.05, 0.1) is 0 Å². The number of carbonyl (C=O) groups is 1. The molecule has 0 bridgehead atoms. The van der Waals surface area contributed by atoms with E-state index >= 15 is 0 Å². The second-order valence-corrected chi connectivity index (χ2v) is 8.57. The van der Waals surface area contributed by atoms with E-state index in [0.29, 0.717) is 21.9 Å². The van der Waals surface area contributed by atoms with Crippen LogP contribution >= 0.6 is 11.8 Å². The molecule has 2 heteroatoms. The maximum Gasteiger partial charge on any atom is 0.192 e. The van der Waals surface area contributed by atoms with Crippen LogP contribution < -0.4 is 0 Å². The summed E-state index contributed by atoms with van der Waals surface area (Å²) in [5.74, 6) is 3.14. The molecule has 3 rings (SSSR count). The van der Waals surface area contributed by atoms with Crippen LogP contribution in [0.5, 0.6) is 0 Å². The first-order valence-electron chi connectivity index (χ1n) is 7.07. The van der Waals surface area contributed by atoms with Crippen molar-refractivity contribution in [2.45, 2.75) is 52.9 Å². The van der Waals surface area contributed by atoms with Gasteiger partial charge in [0.2, 0.25) is 0 Å². The highest BCUT2D eigenvalue weighted by atomic mass is 32.2. The van der Waals surface area contributed by atoms with E-state index in [9.17, 15) is 4.79 Å². The Bertz CT molecular complexity index is 349. The summed E-state index contributed by atoms with van der Waals surface area (Å²) in [7, 11) is 0. The minimum absolute atomic E-state index is 0.391. The van der Waals surface area contributed by atoms with Crippen LogP contribution in [-0.2, 0) is 4.79 Å². The van der Waals surface area contributed by atoms with E-state index < -0.39 is 0 Å². The fourth-order valence-corrected chi connectivity index (χ4v) is 4.90. The largest absolute Gasteiger partial charge is 0.287 e. The molecule has 0 aromatic rings. The van der Waals surface area contributed by atoms with Crippen molar-refractivity contribution in [2.75, 3.05) is 5.75 Å². The number of hydrogen-bond acceptors (Lipinski definition) is 2. The lowest BCUT2D eigenvalue weighted by Gasteiger charge is -2.24. The highest BCUT2D eigenvalue weighted by Crippen LogP contribution is 2.62. The van der Waals surface area contributed by atoms with Crippen molar-refractivity contribution >= 4 is 16.9 Å². The molecule has 1 nitrogen and oxygen atoms in total. The van der Waals surface area contributed by atoms with Crippen LogP contribution in [0.3, 0.4) is 0 Å². The second-order valence-electron chi connectivity index (χ2n) is 7.55. The lowest BCUT2D eigenvalue weighted by atomic mass is 9.83. The average molecular weight is 252 g/mol. The second kappa shape index (κ2) is 3.76. The molecule has 0 aliphatic heterocycles. The smallest absolute Gasteiger partial charge is 0.192 e. The monoisotopic (exact) mass is 252 g/mol. The first-order valence-corrected chi connectivity index (χ1v) is 8.06. The highest BCUT2D eigenvalue weighted by Gasteiger charge is 2.54. The molecule has 3 aliphatic carbocycles. The van der Waals surface area contributed by atoms with E-state index in [-0.39, 0.29) is 0 Å². The summed E-state index contributed by atoms with van der Waals surface area (Å²) in [5, 5.41) is 0.502. The standard InChI is InChI=1S/C15H24OS/c1-14(2)7-12(14)9-17-13(16)10-4-5-15(3)8-11(15)6-10/h10-12H,4-9H2,1-3H3. The zero-order valence-corrected chi connectivity index (χ0v) is 12.1. The lowest BCUT2D eigenvalue weighted by Crippen LogP contribution is -2.20. The summed E-state index contributed by atoms with van der Waals surface area (Å²) in [6.45, 7) is 7.04. The summed E-state index contributed by atoms with van der Waals surface area (Å²) in [6.07, 6.45) is 6.35. The van der Waals surface area contributed by atoms with Gasteiger partial charge in [-0.1, -0.05) is 32.5 Å². The van der Waals surface area contributed by atoms with Crippen molar-refractivity contribution in [1.29, 1.82) is 0 Å². The molecule has 0 N–H and O–H groups in total. The fraction of sp³-hybridized carbons (Fsp3) is 0.933. The summed E-state index contributed by atoms with van der Waals surface area (Å²) in [5.41, 5.74) is 1.16. The predicted octanol–water partition coefficient (Wildman–Crippen LogP) is 4.12. The van der Waals surface area contributed by atoms with Crippen LogP contribution in [0.25, 0.3) is 0 Å². The molecule has 3 aliphatic rings. The van der Waals surface area contributed by atoms with Crippen LogP contribution in [-0.4, -0.2) is 10.9 Å². The lowest BCUT2D eigenvalue weighted by molar-refractivity contribution is -0.115. The first-order chi connectivity index (χ1) is 7.91. The van der Waals surface area contributed by atoms with E-state index in [4.69, 9.17) is 0 Å². The van der Waals surface area contributed by atoms with Gasteiger partial charge in [-0.15, -0.1) is 0 Å². The molecule has 96 valence electrons. The zero-order chi connectivity index (χ0) is 12.3. The average Bonchev–Trinajstić information content (AvgIpc) is 3.09. The van der Waals surface area contributed by atoms with E-state index in [1.807, 2.05) is 0 Å². The van der Waals surface area contributed by atoms with Gasteiger partial charge in [0.25, 0.3) is 0 Å². The Morgan fingerprint density at radius 1 is 1.29 bits per heavy atom. The third-order valence-corrected chi connectivity index (χ3v) is 6.84. The molecule has 3 fully saturated rings. The minimum Gasteiger partial charge on any atom is -0.287 e. The fourth-order valence-electron chi connectivity index (χ4n) is 3.52. The molecule has 0 saturated heterocycles. The van der Waals surface area contributed by atoms with E-state index in [1.54, 1.807) is 11.8 Å². The maximum absolute atomic E-state index is 12.2. The first kappa shape index (κ1) is 12.1. The number of thioether (sulfide) groups is 1. The van der Waals surface area contributed by atoms with Crippen LogP contribution in [0.15, 0.2) is 0 Å². The topological polar surface area (TPSA) is 17.1 Å². The summed E-state index contributed by atoms with van der Waals surface area (Å²) >= 11 is 1.64. The Balaban J connectivity index is 1.44. The molecular weight excluding hydrogens is 228 g/mol. The molecule has 17 heavy (non-hydrogen) atoms. The SMILES string of the molecule is CC1(C)CC1CSC(=O)C1CCC2(C)CC2C1. The van der Waals surface area contributed by atoms with Gasteiger partial charge in [-0.3, -0.25) is 4.79 Å². The predicted molar refractivity (Wildman–Crippen MR) is 72.9 cm³/mol. The van der Waals surface area contributed by atoms with E-state index in [2.05, 4.69) is 20.8 Å². The van der Waals surface area contributed by atoms with Gasteiger partial charge in [0.15, 0.2) is 5.12 Å². The molecule has 4 atom stereocenters. The van der Waals surface area contributed by atoms with Crippen LogP contribution in [0.1, 0.15) is 52.9 Å². The van der Waals surface area contributed by atoms with Gasteiger partial charge < -0.3 is 0 Å². The van der Waals surface area contributed by atoms with Crippen molar-refractivity contribution in [3.63, 3.8) is 0 Å². The summed E-state index contributed by atoms with van der Waals surface area (Å²) in [6, 6.07) is 0. The Kier molecular flexibility index (Phi) is 2.67.